The van der Waals surface area contributed by atoms with Crippen LogP contribution in [-0.4, -0.2) is 33.3 Å². The van der Waals surface area contributed by atoms with Gasteiger partial charge < -0.3 is 18.9 Å². The second-order valence-corrected chi connectivity index (χ2v) is 5.77. The molecular weight excluding hydrogens is 360 g/mol. The van der Waals surface area contributed by atoms with Gasteiger partial charge in [0.25, 0.3) is 0 Å². The standard InChI is InChI=1S/C22H22O6/c1-15-5-9-18(25-2)17(13-15)8-12-22(24)28-19-10-6-16(14-20(19)26-3)7-11-21(23)27-4/h5-14H,1-4H3/b11-7+,12-8+. The minimum absolute atomic E-state index is 0.267. The van der Waals surface area contributed by atoms with Crippen LogP contribution >= 0.6 is 0 Å². The van der Waals surface area contributed by atoms with Gasteiger partial charge in [-0.1, -0.05) is 17.7 Å². The molecule has 2 aromatic carbocycles. The normalized spacial score (nSPS) is 10.9. The second-order valence-electron chi connectivity index (χ2n) is 5.77. The molecule has 0 aliphatic heterocycles. The van der Waals surface area contributed by atoms with Crippen LogP contribution in [0.2, 0.25) is 0 Å². The van der Waals surface area contributed by atoms with Gasteiger partial charge in [-0.25, -0.2) is 9.59 Å². The maximum atomic E-state index is 12.2. The monoisotopic (exact) mass is 382 g/mol. The highest BCUT2D eigenvalue weighted by Crippen LogP contribution is 2.29. The van der Waals surface area contributed by atoms with E-state index in [2.05, 4.69) is 4.74 Å². The molecule has 0 aromatic heterocycles. The van der Waals surface area contributed by atoms with Crippen LogP contribution in [0, 0.1) is 6.92 Å². The van der Waals surface area contributed by atoms with Crippen LogP contribution in [0.3, 0.4) is 0 Å². The molecule has 2 aromatic rings. The fourth-order valence-corrected chi connectivity index (χ4v) is 2.39. The molecule has 0 heterocycles. The maximum Gasteiger partial charge on any atom is 0.336 e. The van der Waals surface area contributed by atoms with E-state index in [0.29, 0.717) is 17.1 Å². The number of hydrogen-bond donors (Lipinski definition) is 0. The van der Waals surface area contributed by atoms with E-state index in [1.54, 1.807) is 37.5 Å². The van der Waals surface area contributed by atoms with Crippen LogP contribution in [0.5, 0.6) is 17.2 Å². The van der Waals surface area contributed by atoms with E-state index in [1.165, 1.54) is 26.4 Å². The summed E-state index contributed by atoms with van der Waals surface area (Å²) in [6.45, 7) is 1.95. The summed E-state index contributed by atoms with van der Waals surface area (Å²) in [7, 11) is 4.34. The Bertz CT molecular complexity index is 911. The number of methoxy groups -OCH3 is 3. The molecule has 0 unspecified atom stereocenters. The van der Waals surface area contributed by atoms with E-state index in [4.69, 9.17) is 14.2 Å². The summed E-state index contributed by atoms with van der Waals surface area (Å²) in [5.74, 6) is 0.269. The zero-order valence-corrected chi connectivity index (χ0v) is 16.2. The molecule has 0 bridgehead atoms. The zero-order valence-electron chi connectivity index (χ0n) is 16.2. The predicted octanol–water partition coefficient (Wildman–Crippen LogP) is 3.82. The minimum Gasteiger partial charge on any atom is -0.496 e. The van der Waals surface area contributed by atoms with Crippen LogP contribution < -0.4 is 14.2 Å². The Morgan fingerprint density at radius 1 is 0.786 bits per heavy atom. The molecule has 0 saturated heterocycles. The van der Waals surface area contributed by atoms with Crippen LogP contribution in [-0.2, 0) is 14.3 Å². The van der Waals surface area contributed by atoms with Gasteiger partial charge in [-0.15, -0.1) is 0 Å². The molecule has 0 radical (unpaired) electrons. The summed E-state index contributed by atoms with van der Waals surface area (Å²) in [4.78, 5) is 23.4. The van der Waals surface area contributed by atoms with Crippen LogP contribution in [0.15, 0.2) is 48.6 Å². The fraction of sp³-hybridized carbons (Fsp3) is 0.182. The fourth-order valence-electron chi connectivity index (χ4n) is 2.39. The lowest BCUT2D eigenvalue weighted by molar-refractivity contribution is -0.134. The van der Waals surface area contributed by atoms with Crippen molar-refractivity contribution in [2.45, 2.75) is 6.92 Å². The average Bonchev–Trinajstić information content (AvgIpc) is 2.71. The van der Waals surface area contributed by atoms with Crippen molar-refractivity contribution in [3.8, 4) is 17.2 Å². The van der Waals surface area contributed by atoms with Crippen LogP contribution in [0.25, 0.3) is 12.2 Å². The maximum absolute atomic E-state index is 12.2. The number of ether oxygens (including phenoxy) is 4. The van der Waals surface area contributed by atoms with Crippen LogP contribution in [0.4, 0.5) is 0 Å². The van der Waals surface area contributed by atoms with Gasteiger partial charge >= 0.3 is 11.9 Å². The Morgan fingerprint density at radius 3 is 2.14 bits per heavy atom. The van der Waals surface area contributed by atoms with E-state index >= 15 is 0 Å². The Kier molecular flexibility index (Phi) is 7.39. The Balaban J connectivity index is 2.14. The van der Waals surface area contributed by atoms with Crippen molar-refractivity contribution in [2.75, 3.05) is 21.3 Å². The van der Waals surface area contributed by atoms with Gasteiger partial charge in [0.1, 0.15) is 5.75 Å². The molecule has 6 nitrogen and oxygen atoms in total. The van der Waals surface area contributed by atoms with Gasteiger partial charge in [0.2, 0.25) is 0 Å². The Morgan fingerprint density at radius 2 is 1.46 bits per heavy atom. The van der Waals surface area contributed by atoms with Crippen molar-refractivity contribution >= 4 is 24.1 Å². The highest BCUT2D eigenvalue weighted by Gasteiger charge is 2.09. The van der Waals surface area contributed by atoms with E-state index in [1.807, 2.05) is 25.1 Å². The average molecular weight is 382 g/mol. The molecule has 6 heteroatoms. The van der Waals surface area contributed by atoms with Crippen molar-refractivity contribution in [1.82, 2.24) is 0 Å². The lowest BCUT2D eigenvalue weighted by Gasteiger charge is -2.09. The van der Waals surface area contributed by atoms with Crippen molar-refractivity contribution in [3.63, 3.8) is 0 Å². The van der Waals surface area contributed by atoms with Crippen molar-refractivity contribution < 1.29 is 28.5 Å². The first-order chi connectivity index (χ1) is 13.5. The van der Waals surface area contributed by atoms with Gasteiger partial charge in [0.05, 0.1) is 21.3 Å². The van der Waals surface area contributed by atoms with E-state index in [9.17, 15) is 9.59 Å². The minimum atomic E-state index is -0.556. The number of carbonyl (C=O) groups excluding carboxylic acids is 2. The molecular formula is C22H22O6. The third-order valence-electron chi connectivity index (χ3n) is 3.80. The van der Waals surface area contributed by atoms with E-state index in [-0.39, 0.29) is 5.75 Å². The van der Waals surface area contributed by atoms with Crippen molar-refractivity contribution in [2.24, 2.45) is 0 Å². The van der Waals surface area contributed by atoms with Gasteiger partial charge in [-0.2, -0.15) is 0 Å². The lowest BCUT2D eigenvalue weighted by atomic mass is 10.1. The molecule has 0 aliphatic carbocycles. The third kappa shape index (κ3) is 5.74. The summed E-state index contributed by atoms with van der Waals surface area (Å²) in [6.07, 6.45) is 5.82. The number of benzene rings is 2. The first-order valence-corrected chi connectivity index (χ1v) is 8.45. The van der Waals surface area contributed by atoms with Gasteiger partial charge in [-0.3, -0.25) is 0 Å². The van der Waals surface area contributed by atoms with E-state index < -0.39 is 11.9 Å². The largest absolute Gasteiger partial charge is 0.496 e. The summed E-state index contributed by atoms with van der Waals surface area (Å²) < 4.78 is 20.5. The van der Waals surface area contributed by atoms with E-state index in [0.717, 1.165) is 11.1 Å². The molecule has 2 rings (SSSR count). The highest BCUT2D eigenvalue weighted by molar-refractivity contribution is 5.90. The molecule has 0 aliphatic rings. The van der Waals surface area contributed by atoms with Gasteiger partial charge in [-0.05, 0) is 48.9 Å². The van der Waals surface area contributed by atoms with Crippen LogP contribution in [0.1, 0.15) is 16.7 Å². The van der Waals surface area contributed by atoms with Gasteiger partial charge in [0, 0.05) is 17.7 Å². The molecule has 146 valence electrons. The Labute approximate surface area is 164 Å². The smallest absolute Gasteiger partial charge is 0.336 e. The molecule has 0 saturated carbocycles. The number of esters is 2. The van der Waals surface area contributed by atoms with Crippen molar-refractivity contribution in [3.05, 3.63) is 65.2 Å². The second kappa shape index (κ2) is 9.97. The summed E-state index contributed by atoms with van der Waals surface area (Å²) in [5.41, 5.74) is 2.52. The van der Waals surface area contributed by atoms with Gasteiger partial charge in [0.15, 0.2) is 11.5 Å². The Hall–Kier alpha value is -3.54. The molecule has 28 heavy (non-hydrogen) atoms. The molecule has 0 atom stereocenters. The first-order valence-electron chi connectivity index (χ1n) is 8.45. The number of aryl methyl sites for hydroxylation is 1. The summed E-state index contributed by atoms with van der Waals surface area (Å²) in [5, 5.41) is 0. The molecule has 0 spiro atoms. The zero-order chi connectivity index (χ0) is 20.5. The SMILES string of the molecule is COC(=O)/C=C/c1ccc(OC(=O)/C=C/c2cc(C)ccc2OC)c(OC)c1. The number of hydrogen-bond acceptors (Lipinski definition) is 6. The molecule has 0 fully saturated rings. The number of carbonyl (C=O) groups is 2. The topological polar surface area (TPSA) is 71.1 Å². The molecule has 0 N–H and O–H groups in total. The number of rotatable bonds is 7. The third-order valence-corrected chi connectivity index (χ3v) is 3.80. The summed E-state index contributed by atoms with van der Waals surface area (Å²) >= 11 is 0. The highest BCUT2D eigenvalue weighted by atomic mass is 16.6. The van der Waals surface area contributed by atoms with Crippen molar-refractivity contribution in [1.29, 1.82) is 0 Å². The lowest BCUT2D eigenvalue weighted by Crippen LogP contribution is -2.05. The quantitative estimate of drug-likeness (QED) is 0.412. The summed E-state index contributed by atoms with van der Waals surface area (Å²) in [6, 6.07) is 10.6. The molecule has 0 amide bonds. The predicted molar refractivity (Wildman–Crippen MR) is 106 cm³/mol. The first kappa shape index (κ1) is 20.8.